The number of rotatable bonds is 1. The van der Waals surface area contributed by atoms with Gasteiger partial charge in [0, 0.05) is 6.54 Å². The second-order valence-corrected chi connectivity index (χ2v) is 3.19. The highest BCUT2D eigenvalue weighted by atomic mass is 19.3. The Balaban J connectivity index is 1.94. The molecule has 0 aromatic carbocycles. The molecule has 2 fully saturated rings. The minimum Gasteiger partial charge on any atom is -0.372 e. The molecule has 3 nitrogen and oxygen atoms in total. The Morgan fingerprint density at radius 3 is 2.67 bits per heavy atom. The molecule has 1 atom stereocenters. The lowest BCUT2D eigenvalue weighted by molar-refractivity contribution is -0.278. The van der Waals surface area contributed by atoms with Crippen LogP contribution in [0.5, 0.6) is 0 Å². The predicted octanol–water partition coefficient (Wildman–Crippen LogP) is 0.356. The van der Waals surface area contributed by atoms with Gasteiger partial charge >= 0.3 is 0 Å². The molecule has 2 heterocycles. The van der Waals surface area contributed by atoms with E-state index in [-0.39, 0.29) is 0 Å². The maximum atomic E-state index is 12.2. The van der Waals surface area contributed by atoms with Crippen molar-refractivity contribution >= 4 is 0 Å². The van der Waals surface area contributed by atoms with Gasteiger partial charge in [0.1, 0.15) is 6.10 Å². The summed E-state index contributed by atoms with van der Waals surface area (Å²) < 4.78 is 34.6. The fourth-order valence-corrected chi connectivity index (χ4v) is 1.47. The van der Waals surface area contributed by atoms with Crippen molar-refractivity contribution in [2.45, 2.75) is 24.7 Å². The minimum absolute atomic E-state index is 0.374. The Morgan fingerprint density at radius 1 is 1.42 bits per heavy atom. The first kappa shape index (κ1) is 8.34. The highest BCUT2D eigenvalue weighted by molar-refractivity contribution is 4.90. The van der Waals surface area contributed by atoms with E-state index in [1.165, 1.54) is 0 Å². The molecular weight excluding hydrogens is 168 g/mol. The maximum Gasteiger partial charge on any atom is 0.264 e. The van der Waals surface area contributed by atoms with Crippen LogP contribution in [0.15, 0.2) is 0 Å². The maximum absolute atomic E-state index is 12.2. The van der Waals surface area contributed by atoms with Gasteiger partial charge in [-0.3, -0.25) is 5.32 Å². The van der Waals surface area contributed by atoms with E-state index < -0.39 is 18.3 Å². The molecule has 1 spiro atoms. The summed E-state index contributed by atoms with van der Waals surface area (Å²) in [6.07, 6.45) is -2.93. The van der Waals surface area contributed by atoms with Gasteiger partial charge in [-0.05, 0) is 6.42 Å². The zero-order valence-corrected chi connectivity index (χ0v) is 6.56. The quantitative estimate of drug-likeness (QED) is 0.630. The molecule has 0 amide bonds. The van der Waals surface area contributed by atoms with Crippen molar-refractivity contribution in [1.29, 1.82) is 0 Å². The van der Waals surface area contributed by atoms with Gasteiger partial charge in [0.15, 0.2) is 5.72 Å². The summed E-state index contributed by atoms with van der Waals surface area (Å²) in [5.41, 5.74) is -0.598. The third-order valence-electron chi connectivity index (χ3n) is 2.20. The van der Waals surface area contributed by atoms with Gasteiger partial charge in [-0.1, -0.05) is 0 Å². The van der Waals surface area contributed by atoms with Crippen LogP contribution in [0.2, 0.25) is 0 Å². The summed E-state index contributed by atoms with van der Waals surface area (Å²) >= 11 is 0. The van der Waals surface area contributed by atoms with Crippen LogP contribution < -0.4 is 5.32 Å². The Kier molecular flexibility index (Phi) is 2.02. The van der Waals surface area contributed by atoms with Crippen molar-refractivity contribution in [3.63, 3.8) is 0 Å². The Bertz CT molecular complexity index is 173. The van der Waals surface area contributed by atoms with Gasteiger partial charge in [-0.15, -0.1) is 0 Å². The van der Waals surface area contributed by atoms with Gasteiger partial charge in [0.2, 0.25) is 0 Å². The van der Waals surface area contributed by atoms with E-state index >= 15 is 0 Å². The zero-order valence-electron chi connectivity index (χ0n) is 6.56. The third-order valence-corrected chi connectivity index (χ3v) is 2.20. The van der Waals surface area contributed by atoms with Crippen LogP contribution in [0, 0.1) is 0 Å². The van der Waals surface area contributed by atoms with Crippen molar-refractivity contribution < 1.29 is 18.3 Å². The summed E-state index contributed by atoms with van der Waals surface area (Å²) in [6, 6.07) is 0. The van der Waals surface area contributed by atoms with Crippen LogP contribution in [-0.4, -0.2) is 38.0 Å². The number of halogens is 2. The van der Waals surface area contributed by atoms with Gasteiger partial charge in [0.25, 0.3) is 6.43 Å². The molecule has 0 bridgehead atoms. The molecule has 2 aliphatic heterocycles. The molecule has 0 aliphatic carbocycles. The molecule has 70 valence electrons. The second-order valence-electron chi connectivity index (χ2n) is 3.19. The molecule has 1 unspecified atom stereocenters. The smallest absolute Gasteiger partial charge is 0.264 e. The van der Waals surface area contributed by atoms with Crippen LogP contribution in [0.1, 0.15) is 6.42 Å². The first-order valence-electron chi connectivity index (χ1n) is 4.01. The standard InChI is InChI=1S/C7H11F2NO2/c8-6(9)5-1-2-10-7(12-5)3-11-4-7/h5-6,10H,1-4H2. The SMILES string of the molecule is FC(F)C1CCNC2(COC2)O1. The molecule has 2 aliphatic rings. The summed E-state index contributed by atoms with van der Waals surface area (Å²) in [7, 11) is 0. The summed E-state index contributed by atoms with van der Waals surface area (Å²) in [5.74, 6) is 0. The van der Waals surface area contributed by atoms with Gasteiger partial charge < -0.3 is 9.47 Å². The zero-order chi connectivity index (χ0) is 8.60. The number of ether oxygens (including phenoxy) is 2. The van der Waals surface area contributed by atoms with Gasteiger partial charge in [0.05, 0.1) is 13.2 Å². The van der Waals surface area contributed by atoms with E-state index in [4.69, 9.17) is 9.47 Å². The Morgan fingerprint density at radius 2 is 2.17 bits per heavy atom. The minimum atomic E-state index is -2.38. The highest BCUT2D eigenvalue weighted by Crippen LogP contribution is 2.27. The fraction of sp³-hybridized carbons (Fsp3) is 1.00. The van der Waals surface area contributed by atoms with Crippen molar-refractivity contribution in [1.82, 2.24) is 5.32 Å². The second kappa shape index (κ2) is 2.90. The molecule has 0 radical (unpaired) electrons. The van der Waals surface area contributed by atoms with E-state index in [9.17, 15) is 8.78 Å². The number of alkyl halides is 2. The third kappa shape index (κ3) is 1.32. The van der Waals surface area contributed by atoms with Crippen LogP contribution in [0.3, 0.4) is 0 Å². The average molecular weight is 179 g/mol. The van der Waals surface area contributed by atoms with E-state index in [1.807, 2.05) is 0 Å². The molecule has 12 heavy (non-hydrogen) atoms. The Labute approximate surface area is 69.0 Å². The normalized spacial score (nSPS) is 33.8. The van der Waals surface area contributed by atoms with E-state index in [2.05, 4.69) is 5.32 Å². The molecular formula is C7H11F2NO2. The van der Waals surface area contributed by atoms with E-state index in [0.29, 0.717) is 26.2 Å². The molecule has 1 N–H and O–H groups in total. The largest absolute Gasteiger partial charge is 0.372 e. The molecule has 0 aromatic heterocycles. The molecule has 0 saturated carbocycles. The van der Waals surface area contributed by atoms with Gasteiger partial charge in [-0.2, -0.15) is 0 Å². The summed E-state index contributed by atoms with van der Waals surface area (Å²) in [4.78, 5) is 0. The van der Waals surface area contributed by atoms with Crippen molar-refractivity contribution in [3.05, 3.63) is 0 Å². The van der Waals surface area contributed by atoms with Crippen LogP contribution in [0.25, 0.3) is 0 Å². The van der Waals surface area contributed by atoms with E-state index in [1.54, 1.807) is 0 Å². The monoisotopic (exact) mass is 179 g/mol. The molecule has 0 aromatic rings. The highest BCUT2D eigenvalue weighted by Gasteiger charge is 2.45. The van der Waals surface area contributed by atoms with Crippen LogP contribution in [-0.2, 0) is 9.47 Å². The van der Waals surface area contributed by atoms with Crippen LogP contribution >= 0.6 is 0 Å². The summed E-state index contributed by atoms with van der Waals surface area (Å²) in [5, 5.41) is 3.04. The lowest BCUT2D eigenvalue weighted by atomic mass is 10.1. The molecule has 2 rings (SSSR count). The van der Waals surface area contributed by atoms with Crippen molar-refractivity contribution in [3.8, 4) is 0 Å². The lowest BCUT2D eigenvalue weighted by Gasteiger charge is -2.47. The van der Waals surface area contributed by atoms with Crippen molar-refractivity contribution in [2.75, 3.05) is 19.8 Å². The van der Waals surface area contributed by atoms with Crippen molar-refractivity contribution in [2.24, 2.45) is 0 Å². The average Bonchev–Trinajstić information content (AvgIpc) is 2.02. The predicted molar refractivity (Wildman–Crippen MR) is 37.0 cm³/mol. The number of hydrogen-bond acceptors (Lipinski definition) is 3. The van der Waals surface area contributed by atoms with Crippen LogP contribution in [0.4, 0.5) is 8.78 Å². The number of hydrogen-bond donors (Lipinski definition) is 1. The van der Waals surface area contributed by atoms with E-state index in [0.717, 1.165) is 0 Å². The van der Waals surface area contributed by atoms with Gasteiger partial charge in [-0.25, -0.2) is 8.78 Å². The number of nitrogens with one attached hydrogen (secondary N) is 1. The molecule has 2 saturated heterocycles. The fourth-order valence-electron chi connectivity index (χ4n) is 1.47. The first-order valence-corrected chi connectivity index (χ1v) is 4.01. The first-order chi connectivity index (χ1) is 5.72. The Hall–Kier alpha value is -0.260. The lowest BCUT2D eigenvalue weighted by Crippen LogP contribution is -2.67. The summed E-state index contributed by atoms with van der Waals surface area (Å²) in [6.45, 7) is 1.35. The topological polar surface area (TPSA) is 30.5 Å². The molecule has 5 heteroatoms.